The standard InChI is InChI=1S/C13H15Cl2NO3/c14-9-1-2-10(11(15)5-9)12(17)6-16-13(18)8-3-4-19-7-8/h1-2,5,8,12,17H,3-4,6-7H2,(H,16,18). The van der Waals surface area contributed by atoms with E-state index < -0.39 is 6.10 Å². The zero-order valence-electron chi connectivity index (χ0n) is 10.2. The second-order valence-corrected chi connectivity index (χ2v) is 5.33. The first-order chi connectivity index (χ1) is 9.08. The van der Waals surface area contributed by atoms with Crippen molar-refractivity contribution in [2.75, 3.05) is 19.8 Å². The molecule has 104 valence electrons. The van der Waals surface area contributed by atoms with Crippen LogP contribution in [0.5, 0.6) is 0 Å². The number of benzene rings is 1. The van der Waals surface area contributed by atoms with Crippen molar-refractivity contribution in [3.8, 4) is 0 Å². The minimum absolute atomic E-state index is 0.0957. The monoisotopic (exact) mass is 303 g/mol. The Kier molecular flexibility index (Phi) is 5.05. The molecule has 2 unspecified atom stereocenters. The molecule has 1 heterocycles. The van der Waals surface area contributed by atoms with Crippen molar-refractivity contribution in [3.05, 3.63) is 33.8 Å². The molecule has 0 radical (unpaired) electrons. The molecule has 1 amide bonds. The van der Waals surface area contributed by atoms with E-state index in [2.05, 4.69) is 5.32 Å². The largest absolute Gasteiger partial charge is 0.387 e. The predicted molar refractivity (Wildman–Crippen MR) is 73.4 cm³/mol. The van der Waals surface area contributed by atoms with Crippen LogP contribution in [0.25, 0.3) is 0 Å². The minimum atomic E-state index is -0.851. The summed E-state index contributed by atoms with van der Waals surface area (Å²) >= 11 is 11.8. The highest BCUT2D eigenvalue weighted by Crippen LogP contribution is 2.26. The molecule has 0 bridgehead atoms. The summed E-state index contributed by atoms with van der Waals surface area (Å²) in [4.78, 5) is 11.8. The molecule has 0 spiro atoms. The number of aliphatic hydroxyl groups excluding tert-OH is 1. The molecule has 4 nitrogen and oxygen atoms in total. The molecule has 19 heavy (non-hydrogen) atoms. The molecular formula is C13H15Cl2NO3. The predicted octanol–water partition coefficient (Wildman–Crippen LogP) is 2.18. The topological polar surface area (TPSA) is 58.6 Å². The Hall–Kier alpha value is -0.810. The van der Waals surface area contributed by atoms with Crippen molar-refractivity contribution in [1.29, 1.82) is 0 Å². The second kappa shape index (κ2) is 6.57. The summed E-state index contributed by atoms with van der Waals surface area (Å²) in [6.45, 7) is 1.18. The Morgan fingerprint density at radius 1 is 1.53 bits per heavy atom. The van der Waals surface area contributed by atoms with E-state index in [1.54, 1.807) is 18.2 Å². The van der Waals surface area contributed by atoms with Gasteiger partial charge in [-0.2, -0.15) is 0 Å². The Morgan fingerprint density at radius 2 is 2.32 bits per heavy atom. The van der Waals surface area contributed by atoms with Crippen molar-refractivity contribution in [2.45, 2.75) is 12.5 Å². The number of nitrogens with one attached hydrogen (secondary N) is 1. The fourth-order valence-electron chi connectivity index (χ4n) is 1.96. The van der Waals surface area contributed by atoms with E-state index in [0.29, 0.717) is 28.8 Å². The molecule has 1 aromatic rings. The lowest BCUT2D eigenvalue weighted by Gasteiger charge is -2.15. The van der Waals surface area contributed by atoms with E-state index in [9.17, 15) is 9.90 Å². The molecule has 2 N–H and O–H groups in total. The van der Waals surface area contributed by atoms with Crippen molar-refractivity contribution in [2.24, 2.45) is 5.92 Å². The van der Waals surface area contributed by atoms with Crippen LogP contribution >= 0.6 is 23.2 Å². The maximum Gasteiger partial charge on any atom is 0.225 e. The fourth-order valence-corrected chi connectivity index (χ4v) is 2.50. The number of amides is 1. The van der Waals surface area contributed by atoms with Gasteiger partial charge in [0.25, 0.3) is 0 Å². The highest BCUT2D eigenvalue weighted by molar-refractivity contribution is 6.35. The summed E-state index contributed by atoms with van der Waals surface area (Å²) in [5.74, 6) is -0.213. The quantitative estimate of drug-likeness (QED) is 0.896. The van der Waals surface area contributed by atoms with E-state index in [4.69, 9.17) is 27.9 Å². The number of aliphatic hydroxyl groups is 1. The Labute approximate surface area is 121 Å². The number of halogens is 2. The van der Waals surface area contributed by atoms with E-state index in [1.165, 1.54) is 0 Å². The molecule has 1 saturated heterocycles. The van der Waals surface area contributed by atoms with Gasteiger partial charge >= 0.3 is 0 Å². The maximum atomic E-state index is 11.8. The third kappa shape index (κ3) is 3.83. The van der Waals surface area contributed by atoms with Crippen molar-refractivity contribution in [1.82, 2.24) is 5.32 Å². The Bertz CT molecular complexity index is 461. The highest BCUT2D eigenvalue weighted by Gasteiger charge is 2.24. The summed E-state index contributed by atoms with van der Waals surface area (Å²) in [6.07, 6.45) is -0.125. The van der Waals surface area contributed by atoms with Crippen LogP contribution in [-0.4, -0.2) is 30.8 Å². The van der Waals surface area contributed by atoms with Crippen LogP contribution in [0.1, 0.15) is 18.1 Å². The number of carbonyl (C=O) groups excluding carboxylic acids is 1. The van der Waals surface area contributed by atoms with Crippen molar-refractivity contribution in [3.63, 3.8) is 0 Å². The zero-order chi connectivity index (χ0) is 13.8. The van der Waals surface area contributed by atoms with Crippen LogP contribution in [0.2, 0.25) is 10.0 Å². The van der Waals surface area contributed by atoms with Crippen LogP contribution in [-0.2, 0) is 9.53 Å². The van der Waals surface area contributed by atoms with Gasteiger partial charge in [-0.3, -0.25) is 4.79 Å². The van der Waals surface area contributed by atoms with Gasteiger partial charge in [-0.15, -0.1) is 0 Å². The first kappa shape index (κ1) is 14.6. The number of rotatable bonds is 4. The third-order valence-corrected chi connectivity index (χ3v) is 3.65. The van der Waals surface area contributed by atoms with Crippen molar-refractivity contribution < 1.29 is 14.6 Å². The summed E-state index contributed by atoms with van der Waals surface area (Å²) in [6, 6.07) is 4.87. The van der Waals surface area contributed by atoms with Crippen LogP contribution in [0, 0.1) is 5.92 Å². The maximum absolute atomic E-state index is 11.8. The smallest absolute Gasteiger partial charge is 0.225 e. The molecule has 1 fully saturated rings. The van der Waals surface area contributed by atoms with Gasteiger partial charge in [-0.05, 0) is 18.6 Å². The van der Waals surface area contributed by atoms with E-state index in [0.717, 1.165) is 6.42 Å². The molecule has 0 aliphatic carbocycles. The van der Waals surface area contributed by atoms with E-state index in [-0.39, 0.29) is 18.4 Å². The highest BCUT2D eigenvalue weighted by atomic mass is 35.5. The molecule has 1 aliphatic rings. The summed E-state index contributed by atoms with van der Waals surface area (Å²) in [5.41, 5.74) is 0.550. The lowest BCUT2D eigenvalue weighted by atomic mass is 10.1. The van der Waals surface area contributed by atoms with E-state index >= 15 is 0 Å². The zero-order valence-corrected chi connectivity index (χ0v) is 11.7. The molecule has 0 saturated carbocycles. The summed E-state index contributed by atoms with van der Waals surface area (Å²) in [5, 5.41) is 13.6. The lowest BCUT2D eigenvalue weighted by Crippen LogP contribution is -2.34. The average Bonchev–Trinajstić information content (AvgIpc) is 2.89. The Balaban J connectivity index is 1.89. The Morgan fingerprint density at radius 3 is 2.95 bits per heavy atom. The third-order valence-electron chi connectivity index (χ3n) is 3.09. The first-order valence-electron chi connectivity index (χ1n) is 6.06. The van der Waals surface area contributed by atoms with Gasteiger partial charge in [-0.25, -0.2) is 0 Å². The van der Waals surface area contributed by atoms with Gasteiger partial charge < -0.3 is 15.2 Å². The van der Waals surface area contributed by atoms with Gasteiger partial charge in [-0.1, -0.05) is 29.3 Å². The van der Waals surface area contributed by atoms with Gasteiger partial charge in [0.2, 0.25) is 5.91 Å². The number of hydrogen-bond acceptors (Lipinski definition) is 3. The summed E-state index contributed by atoms with van der Waals surface area (Å²) < 4.78 is 5.14. The first-order valence-corrected chi connectivity index (χ1v) is 6.82. The van der Waals surface area contributed by atoms with Crippen LogP contribution in [0.4, 0.5) is 0 Å². The van der Waals surface area contributed by atoms with Crippen LogP contribution in [0.3, 0.4) is 0 Å². The normalized spacial score (nSPS) is 20.3. The van der Waals surface area contributed by atoms with E-state index in [1.807, 2.05) is 0 Å². The minimum Gasteiger partial charge on any atom is -0.387 e. The van der Waals surface area contributed by atoms with Gasteiger partial charge in [0.1, 0.15) is 0 Å². The van der Waals surface area contributed by atoms with Crippen LogP contribution in [0.15, 0.2) is 18.2 Å². The fraction of sp³-hybridized carbons (Fsp3) is 0.462. The van der Waals surface area contributed by atoms with Gasteiger partial charge in [0.05, 0.1) is 18.6 Å². The van der Waals surface area contributed by atoms with Gasteiger partial charge in [0, 0.05) is 28.8 Å². The number of ether oxygens (including phenoxy) is 1. The second-order valence-electron chi connectivity index (χ2n) is 4.49. The molecule has 6 heteroatoms. The van der Waals surface area contributed by atoms with Crippen molar-refractivity contribution >= 4 is 29.1 Å². The van der Waals surface area contributed by atoms with Crippen LogP contribution < -0.4 is 5.32 Å². The number of hydrogen-bond donors (Lipinski definition) is 2. The lowest BCUT2D eigenvalue weighted by molar-refractivity contribution is -0.125. The summed E-state index contributed by atoms with van der Waals surface area (Å²) in [7, 11) is 0. The SMILES string of the molecule is O=C(NCC(O)c1ccc(Cl)cc1Cl)C1CCOC1. The molecule has 0 aromatic heterocycles. The molecule has 1 aliphatic heterocycles. The molecule has 2 rings (SSSR count). The average molecular weight is 304 g/mol. The molecular weight excluding hydrogens is 289 g/mol. The number of carbonyl (C=O) groups is 1. The van der Waals surface area contributed by atoms with Gasteiger partial charge in [0.15, 0.2) is 0 Å². The molecule has 1 aromatic carbocycles. The molecule has 2 atom stereocenters.